The smallest absolute Gasteiger partial charge is 0.340 e. The first-order valence-corrected chi connectivity index (χ1v) is 9.66. The number of hydrogen-bond donors (Lipinski definition) is 1. The Morgan fingerprint density at radius 3 is 2.74 bits per heavy atom. The molecular weight excluding hydrogens is 398 g/mol. The fourth-order valence-corrected chi connectivity index (χ4v) is 3.21. The van der Waals surface area contributed by atoms with Gasteiger partial charge in [-0.2, -0.15) is 0 Å². The van der Waals surface area contributed by atoms with Gasteiger partial charge in [-0.05, 0) is 48.9 Å². The van der Waals surface area contributed by atoms with E-state index >= 15 is 0 Å². The third-order valence-corrected chi connectivity index (χ3v) is 4.68. The molecule has 31 heavy (non-hydrogen) atoms. The molecule has 0 aliphatic heterocycles. The molecule has 0 spiro atoms. The molecule has 1 N–H and O–H groups in total. The Morgan fingerprint density at radius 1 is 1.16 bits per heavy atom. The lowest BCUT2D eigenvalue weighted by molar-refractivity contribution is 0.0528. The van der Waals surface area contributed by atoms with Gasteiger partial charge in [0.1, 0.15) is 5.69 Å². The van der Waals surface area contributed by atoms with Gasteiger partial charge in [0.25, 0.3) is 5.91 Å². The van der Waals surface area contributed by atoms with Crippen molar-refractivity contribution in [2.24, 2.45) is 0 Å². The van der Waals surface area contributed by atoms with Crippen molar-refractivity contribution in [2.45, 2.75) is 13.5 Å². The zero-order valence-corrected chi connectivity index (χ0v) is 16.7. The second-order valence-corrected chi connectivity index (χ2v) is 6.68. The van der Waals surface area contributed by atoms with Crippen molar-refractivity contribution in [1.29, 1.82) is 0 Å². The third kappa shape index (κ3) is 4.09. The molecule has 4 aromatic rings. The van der Waals surface area contributed by atoms with Crippen molar-refractivity contribution in [3.8, 4) is 0 Å². The van der Waals surface area contributed by atoms with Crippen molar-refractivity contribution in [3.05, 3.63) is 95.5 Å². The molecule has 0 aromatic carbocycles. The monoisotopic (exact) mass is 417 g/mol. The van der Waals surface area contributed by atoms with Gasteiger partial charge < -0.3 is 18.9 Å². The Morgan fingerprint density at radius 2 is 2.03 bits per heavy atom. The molecule has 0 radical (unpaired) electrons. The minimum Gasteiger partial charge on any atom is -0.462 e. The largest absolute Gasteiger partial charge is 0.462 e. The summed E-state index contributed by atoms with van der Waals surface area (Å²) in [5.74, 6) is -1.09. The summed E-state index contributed by atoms with van der Waals surface area (Å²) >= 11 is 0. The molecular formula is C23H19N3O5. The molecule has 8 heteroatoms. The Labute approximate surface area is 177 Å². The highest BCUT2D eigenvalue weighted by Gasteiger charge is 2.22. The number of rotatable bonds is 7. The molecule has 0 fully saturated rings. The maximum Gasteiger partial charge on any atom is 0.340 e. The molecule has 8 nitrogen and oxygen atoms in total. The van der Waals surface area contributed by atoms with Gasteiger partial charge >= 0.3 is 5.97 Å². The summed E-state index contributed by atoms with van der Waals surface area (Å²) in [6.45, 7) is 2.16. The zero-order valence-electron chi connectivity index (χ0n) is 16.7. The van der Waals surface area contributed by atoms with Gasteiger partial charge in [0, 0.05) is 30.7 Å². The van der Waals surface area contributed by atoms with E-state index in [9.17, 15) is 14.4 Å². The number of esters is 1. The van der Waals surface area contributed by atoms with Crippen molar-refractivity contribution in [3.63, 3.8) is 0 Å². The highest BCUT2D eigenvalue weighted by Crippen LogP contribution is 2.22. The first-order chi connectivity index (χ1) is 15.1. The van der Waals surface area contributed by atoms with Crippen LogP contribution in [0.3, 0.4) is 0 Å². The second-order valence-electron chi connectivity index (χ2n) is 6.68. The van der Waals surface area contributed by atoms with E-state index < -0.39 is 5.97 Å². The van der Waals surface area contributed by atoms with Gasteiger partial charge in [0.2, 0.25) is 5.78 Å². The molecule has 1 amide bonds. The fourth-order valence-electron chi connectivity index (χ4n) is 3.21. The molecule has 156 valence electrons. The number of aromatic nitrogens is 2. The van der Waals surface area contributed by atoms with E-state index in [0.29, 0.717) is 11.1 Å². The number of amides is 1. The lowest BCUT2D eigenvalue weighted by atomic mass is 10.1. The predicted octanol–water partition coefficient (Wildman–Crippen LogP) is 3.27. The van der Waals surface area contributed by atoms with Gasteiger partial charge in [-0.1, -0.05) is 6.07 Å². The Balaban J connectivity index is 1.71. The molecule has 0 saturated heterocycles. The lowest BCUT2D eigenvalue weighted by Crippen LogP contribution is -2.24. The lowest BCUT2D eigenvalue weighted by Gasteiger charge is -2.07. The quantitative estimate of drug-likeness (QED) is 0.366. The number of carbonyl (C=O) groups excluding carboxylic acids is 3. The van der Waals surface area contributed by atoms with E-state index in [1.54, 1.807) is 60.2 Å². The van der Waals surface area contributed by atoms with Crippen LogP contribution in [0.15, 0.2) is 71.7 Å². The van der Waals surface area contributed by atoms with E-state index in [-0.39, 0.29) is 41.9 Å². The Kier molecular flexibility index (Phi) is 5.61. The van der Waals surface area contributed by atoms with Crippen LogP contribution in [0.5, 0.6) is 0 Å². The normalized spacial score (nSPS) is 10.7. The maximum atomic E-state index is 12.8. The minimum atomic E-state index is -0.575. The van der Waals surface area contributed by atoms with Gasteiger partial charge in [0.05, 0.1) is 24.0 Å². The van der Waals surface area contributed by atoms with Crippen LogP contribution < -0.4 is 5.32 Å². The van der Waals surface area contributed by atoms with Crippen molar-refractivity contribution in [2.75, 3.05) is 6.61 Å². The Bertz CT molecular complexity index is 1240. The van der Waals surface area contributed by atoms with Crippen LogP contribution in [0.2, 0.25) is 0 Å². The maximum absolute atomic E-state index is 12.8. The van der Waals surface area contributed by atoms with Crippen LogP contribution in [-0.2, 0) is 11.3 Å². The zero-order chi connectivity index (χ0) is 21.8. The molecule has 0 atom stereocenters. The number of hydrogen-bond acceptors (Lipinski definition) is 6. The van der Waals surface area contributed by atoms with E-state index in [1.807, 2.05) is 6.07 Å². The van der Waals surface area contributed by atoms with Crippen LogP contribution in [0.25, 0.3) is 5.52 Å². The standard InChI is InChI=1S/C23H19N3O5/c1-2-30-23(29)17-12-19(22(28)25-14-15-5-3-8-24-13-15)26-9-7-16(11-18(17)26)21(27)20-6-4-10-31-20/h3-13H,2,14H2,1H3,(H,25,28). The summed E-state index contributed by atoms with van der Waals surface area (Å²) < 4.78 is 11.9. The number of nitrogens with zero attached hydrogens (tertiary/aromatic N) is 2. The van der Waals surface area contributed by atoms with Gasteiger partial charge in [-0.25, -0.2) is 4.79 Å². The average molecular weight is 417 g/mol. The van der Waals surface area contributed by atoms with Gasteiger partial charge in [-0.15, -0.1) is 0 Å². The van der Waals surface area contributed by atoms with Crippen molar-refractivity contribution < 1.29 is 23.5 Å². The topological polar surface area (TPSA) is 103 Å². The molecule has 0 unspecified atom stereocenters. The first kappa shape index (κ1) is 20.1. The fraction of sp³-hybridized carbons (Fsp3) is 0.130. The summed E-state index contributed by atoms with van der Waals surface area (Å²) in [5, 5.41) is 2.82. The number of carbonyl (C=O) groups is 3. The molecule has 0 aliphatic carbocycles. The summed E-state index contributed by atoms with van der Waals surface area (Å²) in [6, 6.07) is 11.4. The van der Waals surface area contributed by atoms with E-state index in [2.05, 4.69) is 10.3 Å². The highest BCUT2D eigenvalue weighted by molar-refractivity contribution is 6.09. The average Bonchev–Trinajstić information content (AvgIpc) is 3.46. The summed E-state index contributed by atoms with van der Waals surface area (Å²) in [5.41, 5.74) is 2.01. The van der Waals surface area contributed by atoms with Crippen LogP contribution in [0, 0.1) is 0 Å². The molecule has 4 rings (SSSR count). The van der Waals surface area contributed by atoms with E-state index in [1.165, 1.54) is 12.3 Å². The molecule has 0 bridgehead atoms. The molecule has 4 heterocycles. The van der Waals surface area contributed by atoms with E-state index in [4.69, 9.17) is 9.15 Å². The highest BCUT2D eigenvalue weighted by atomic mass is 16.5. The molecule has 4 aromatic heterocycles. The Hall–Kier alpha value is -4.20. The minimum absolute atomic E-state index is 0.183. The first-order valence-electron chi connectivity index (χ1n) is 9.66. The van der Waals surface area contributed by atoms with Crippen molar-refractivity contribution in [1.82, 2.24) is 14.7 Å². The van der Waals surface area contributed by atoms with E-state index in [0.717, 1.165) is 5.56 Å². The predicted molar refractivity (Wildman–Crippen MR) is 111 cm³/mol. The summed E-state index contributed by atoms with van der Waals surface area (Å²) in [6.07, 6.45) is 6.30. The third-order valence-electron chi connectivity index (χ3n) is 4.68. The number of ketones is 1. The molecule has 0 aliphatic rings. The summed E-state index contributed by atoms with van der Waals surface area (Å²) in [7, 11) is 0. The van der Waals surface area contributed by atoms with Crippen LogP contribution in [-0.4, -0.2) is 33.7 Å². The molecule has 0 saturated carbocycles. The second kappa shape index (κ2) is 8.66. The van der Waals surface area contributed by atoms with Crippen LogP contribution in [0.4, 0.5) is 0 Å². The van der Waals surface area contributed by atoms with Crippen molar-refractivity contribution >= 4 is 23.2 Å². The van der Waals surface area contributed by atoms with Gasteiger partial charge in [0.15, 0.2) is 5.76 Å². The SMILES string of the molecule is CCOC(=O)c1cc(C(=O)NCc2cccnc2)n2ccc(C(=O)c3ccco3)cc12. The number of furan rings is 1. The van der Waals surface area contributed by atoms with Crippen LogP contribution in [0.1, 0.15) is 49.5 Å². The van der Waals surface area contributed by atoms with Crippen LogP contribution >= 0.6 is 0 Å². The van der Waals surface area contributed by atoms with Gasteiger partial charge in [-0.3, -0.25) is 14.6 Å². The number of ether oxygens (including phenoxy) is 1. The number of fused-ring (bicyclic) bond motifs is 1. The number of nitrogens with one attached hydrogen (secondary N) is 1. The number of pyridine rings is 2. The summed E-state index contributed by atoms with van der Waals surface area (Å²) in [4.78, 5) is 42.0.